The molecular formula is C10H11F4NO2. The van der Waals surface area contributed by atoms with Crippen molar-refractivity contribution in [3.63, 3.8) is 0 Å². The number of aliphatic hydroxyl groups excluding tert-OH is 2. The molecule has 17 heavy (non-hydrogen) atoms. The Balaban J connectivity index is 3.19. The maximum atomic E-state index is 13.5. The molecule has 0 saturated carbocycles. The van der Waals surface area contributed by atoms with E-state index in [1.54, 1.807) is 0 Å². The van der Waals surface area contributed by atoms with Crippen LogP contribution in [0.3, 0.4) is 0 Å². The van der Waals surface area contributed by atoms with Gasteiger partial charge in [-0.25, -0.2) is 4.39 Å². The zero-order valence-electron chi connectivity index (χ0n) is 8.58. The van der Waals surface area contributed by atoms with Crippen molar-refractivity contribution in [2.45, 2.75) is 18.4 Å². The largest absolute Gasteiger partial charge is 0.419 e. The Morgan fingerprint density at radius 2 is 1.82 bits per heavy atom. The Morgan fingerprint density at radius 3 is 2.29 bits per heavy atom. The Morgan fingerprint density at radius 1 is 1.24 bits per heavy atom. The maximum absolute atomic E-state index is 13.5. The smallest absolute Gasteiger partial charge is 0.389 e. The van der Waals surface area contributed by atoms with Gasteiger partial charge in [0.25, 0.3) is 0 Å². The molecule has 0 heterocycles. The predicted octanol–water partition coefficient (Wildman–Crippen LogP) is 1.20. The number of hydrogen-bond acceptors (Lipinski definition) is 3. The van der Waals surface area contributed by atoms with E-state index in [1.807, 2.05) is 0 Å². The van der Waals surface area contributed by atoms with Crippen LogP contribution in [0, 0.1) is 5.82 Å². The lowest BCUT2D eigenvalue weighted by Gasteiger charge is -2.18. The minimum Gasteiger partial charge on any atom is -0.389 e. The standard InChI is InChI=1S/C10H11F4NO2/c11-8-5(9(17)7(16)4-15)2-1-3-6(8)10(12,13)14/h1-3,7,9,16-17H,4,15H2. The summed E-state index contributed by atoms with van der Waals surface area (Å²) in [5.41, 5.74) is 2.91. The van der Waals surface area contributed by atoms with E-state index in [-0.39, 0.29) is 0 Å². The summed E-state index contributed by atoms with van der Waals surface area (Å²) < 4.78 is 50.6. The van der Waals surface area contributed by atoms with Gasteiger partial charge < -0.3 is 15.9 Å². The van der Waals surface area contributed by atoms with Gasteiger partial charge in [0.1, 0.15) is 11.9 Å². The molecule has 1 aromatic rings. The van der Waals surface area contributed by atoms with Crippen LogP contribution in [-0.4, -0.2) is 22.9 Å². The SMILES string of the molecule is NCC(O)C(O)c1cccc(C(F)(F)F)c1F. The molecule has 0 aliphatic carbocycles. The molecule has 0 aromatic heterocycles. The monoisotopic (exact) mass is 253 g/mol. The van der Waals surface area contributed by atoms with Crippen LogP contribution in [0.25, 0.3) is 0 Å². The normalized spacial score (nSPS) is 15.7. The molecular weight excluding hydrogens is 242 g/mol. The number of rotatable bonds is 3. The van der Waals surface area contributed by atoms with E-state index in [0.717, 1.165) is 12.1 Å². The van der Waals surface area contributed by atoms with E-state index >= 15 is 0 Å². The van der Waals surface area contributed by atoms with Crippen molar-refractivity contribution in [3.8, 4) is 0 Å². The van der Waals surface area contributed by atoms with Gasteiger partial charge in [-0.05, 0) is 6.07 Å². The van der Waals surface area contributed by atoms with Gasteiger partial charge in [0.15, 0.2) is 0 Å². The highest BCUT2D eigenvalue weighted by atomic mass is 19.4. The van der Waals surface area contributed by atoms with Crippen LogP contribution < -0.4 is 5.73 Å². The van der Waals surface area contributed by atoms with Crippen molar-refractivity contribution in [3.05, 3.63) is 35.1 Å². The fourth-order valence-electron chi connectivity index (χ4n) is 1.33. The number of hydrogen-bond donors (Lipinski definition) is 3. The molecule has 7 heteroatoms. The van der Waals surface area contributed by atoms with Crippen LogP contribution in [0.4, 0.5) is 17.6 Å². The highest BCUT2D eigenvalue weighted by molar-refractivity contribution is 5.30. The molecule has 96 valence electrons. The molecule has 2 unspecified atom stereocenters. The summed E-state index contributed by atoms with van der Waals surface area (Å²) in [6.07, 6.45) is -8.16. The lowest BCUT2D eigenvalue weighted by Crippen LogP contribution is -2.28. The van der Waals surface area contributed by atoms with E-state index < -0.39 is 41.9 Å². The summed E-state index contributed by atoms with van der Waals surface area (Å²) in [6, 6.07) is 2.47. The van der Waals surface area contributed by atoms with E-state index in [9.17, 15) is 27.8 Å². The molecule has 0 aliphatic heterocycles. The van der Waals surface area contributed by atoms with Gasteiger partial charge in [-0.15, -0.1) is 0 Å². The van der Waals surface area contributed by atoms with Crippen molar-refractivity contribution in [2.75, 3.05) is 6.54 Å². The predicted molar refractivity (Wildman–Crippen MR) is 51.4 cm³/mol. The molecule has 2 atom stereocenters. The van der Waals surface area contributed by atoms with Crippen LogP contribution in [0.15, 0.2) is 18.2 Å². The van der Waals surface area contributed by atoms with Crippen molar-refractivity contribution in [1.82, 2.24) is 0 Å². The molecule has 0 amide bonds. The first-order chi connectivity index (χ1) is 7.79. The molecule has 3 nitrogen and oxygen atoms in total. The number of benzene rings is 1. The average molecular weight is 253 g/mol. The third-order valence-corrected chi connectivity index (χ3v) is 2.26. The van der Waals surface area contributed by atoms with Gasteiger partial charge in [0.05, 0.1) is 11.7 Å². The summed E-state index contributed by atoms with van der Waals surface area (Å²) >= 11 is 0. The molecule has 0 saturated heterocycles. The molecule has 1 rings (SSSR count). The third kappa shape index (κ3) is 2.93. The van der Waals surface area contributed by atoms with Crippen LogP contribution in [0.2, 0.25) is 0 Å². The number of halogens is 4. The molecule has 0 radical (unpaired) electrons. The van der Waals surface area contributed by atoms with Gasteiger partial charge in [0.2, 0.25) is 0 Å². The van der Waals surface area contributed by atoms with Gasteiger partial charge in [-0.1, -0.05) is 12.1 Å². The second kappa shape index (κ2) is 4.99. The molecule has 4 N–H and O–H groups in total. The highest BCUT2D eigenvalue weighted by Gasteiger charge is 2.36. The van der Waals surface area contributed by atoms with Gasteiger partial charge in [0, 0.05) is 12.1 Å². The Kier molecular flexibility index (Phi) is 4.07. The molecule has 0 spiro atoms. The molecule has 0 bridgehead atoms. The quantitative estimate of drug-likeness (QED) is 0.709. The van der Waals surface area contributed by atoms with Crippen molar-refractivity contribution in [2.24, 2.45) is 5.73 Å². The molecule has 0 fully saturated rings. The average Bonchev–Trinajstić information content (AvgIpc) is 2.25. The fourth-order valence-corrected chi connectivity index (χ4v) is 1.33. The van der Waals surface area contributed by atoms with E-state index in [2.05, 4.69) is 0 Å². The van der Waals surface area contributed by atoms with E-state index in [0.29, 0.717) is 6.07 Å². The first-order valence-electron chi connectivity index (χ1n) is 4.70. The molecule has 0 aliphatic rings. The second-order valence-electron chi connectivity index (χ2n) is 3.45. The number of aliphatic hydroxyl groups is 2. The number of alkyl halides is 3. The minimum atomic E-state index is -4.85. The highest BCUT2D eigenvalue weighted by Crippen LogP contribution is 2.34. The first-order valence-corrected chi connectivity index (χ1v) is 4.70. The van der Waals surface area contributed by atoms with Gasteiger partial charge in [-0.3, -0.25) is 0 Å². The van der Waals surface area contributed by atoms with Crippen molar-refractivity contribution in [1.29, 1.82) is 0 Å². The summed E-state index contributed by atoms with van der Waals surface area (Å²) in [5.74, 6) is -1.60. The van der Waals surface area contributed by atoms with Gasteiger partial charge >= 0.3 is 6.18 Å². The second-order valence-corrected chi connectivity index (χ2v) is 3.45. The van der Waals surface area contributed by atoms with Crippen molar-refractivity contribution < 1.29 is 27.8 Å². The lowest BCUT2D eigenvalue weighted by molar-refractivity contribution is -0.140. The fraction of sp³-hybridized carbons (Fsp3) is 0.400. The zero-order chi connectivity index (χ0) is 13.2. The Labute approximate surface area is 94.5 Å². The van der Waals surface area contributed by atoms with Crippen molar-refractivity contribution >= 4 is 0 Å². The van der Waals surface area contributed by atoms with Crippen LogP contribution in [0.5, 0.6) is 0 Å². The van der Waals surface area contributed by atoms with E-state index in [4.69, 9.17) is 5.73 Å². The topological polar surface area (TPSA) is 66.5 Å². The van der Waals surface area contributed by atoms with Gasteiger partial charge in [-0.2, -0.15) is 13.2 Å². The Bertz CT molecular complexity index is 394. The van der Waals surface area contributed by atoms with Crippen LogP contribution in [0.1, 0.15) is 17.2 Å². The lowest BCUT2D eigenvalue weighted by atomic mass is 10.0. The minimum absolute atomic E-state index is 0.392. The summed E-state index contributed by atoms with van der Waals surface area (Å²) in [4.78, 5) is 0. The zero-order valence-corrected chi connectivity index (χ0v) is 8.58. The Hall–Kier alpha value is -1.18. The number of nitrogens with two attached hydrogens (primary N) is 1. The van der Waals surface area contributed by atoms with Crippen LogP contribution >= 0.6 is 0 Å². The summed E-state index contributed by atoms with van der Waals surface area (Å²) in [5, 5.41) is 18.6. The summed E-state index contributed by atoms with van der Waals surface area (Å²) in [7, 11) is 0. The molecule has 1 aromatic carbocycles. The summed E-state index contributed by atoms with van der Waals surface area (Å²) in [6.45, 7) is -0.392. The third-order valence-electron chi connectivity index (χ3n) is 2.26. The maximum Gasteiger partial charge on any atom is 0.419 e. The van der Waals surface area contributed by atoms with E-state index in [1.165, 1.54) is 0 Å². The van der Waals surface area contributed by atoms with Crippen LogP contribution in [-0.2, 0) is 6.18 Å². The first kappa shape index (κ1) is 13.9.